The third kappa shape index (κ3) is 5.50. The molecule has 0 spiro atoms. The van der Waals surface area contributed by atoms with Gasteiger partial charge in [0.05, 0.1) is 28.4 Å². The zero-order chi connectivity index (χ0) is 29.1. The number of amides is 1. The van der Waals surface area contributed by atoms with Crippen molar-refractivity contribution in [3.63, 3.8) is 0 Å². The van der Waals surface area contributed by atoms with E-state index in [1.807, 2.05) is 49.4 Å². The molecule has 1 amide bonds. The monoisotopic (exact) mass is 554 g/mol. The SMILES string of the molecule is COc1ccc(NC(=O)C2=C(C)NC3=C(C(=O)C[C@@H](c4ccc(OC)c(OC)c4)C3)[C@@H]2c2cccc(OC)c2)cc1. The first kappa shape index (κ1) is 27.8. The maximum Gasteiger partial charge on any atom is 0.254 e. The molecule has 0 saturated carbocycles. The molecular weight excluding hydrogens is 520 g/mol. The van der Waals surface area contributed by atoms with Crippen molar-refractivity contribution in [2.75, 3.05) is 33.8 Å². The van der Waals surface area contributed by atoms with Crippen molar-refractivity contribution in [1.82, 2.24) is 5.32 Å². The molecule has 0 radical (unpaired) electrons. The van der Waals surface area contributed by atoms with E-state index in [0.29, 0.717) is 58.4 Å². The van der Waals surface area contributed by atoms with Gasteiger partial charge in [-0.2, -0.15) is 0 Å². The highest BCUT2D eigenvalue weighted by molar-refractivity contribution is 6.10. The van der Waals surface area contributed by atoms with E-state index in [4.69, 9.17) is 18.9 Å². The van der Waals surface area contributed by atoms with Crippen LogP contribution < -0.4 is 29.6 Å². The molecule has 1 heterocycles. The predicted octanol–water partition coefficient (Wildman–Crippen LogP) is 5.72. The molecule has 2 N–H and O–H groups in total. The van der Waals surface area contributed by atoms with Crippen molar-refractivity contribution in [3.05, 3.63) is 100 Å². The summed E-state index contributed by atoms with van der Waals surface area (Å²) in [6.45, 7) is 1.88. The average Bonchev–Trinajstić information content (AvgIpc) is 3.00. The predicted molar refractivity (Wildman–Crippen MR) is 157 cm³/mol. The topological polar surface area (TPSA) is 95.1 Å². The standard InChI is InChI=1S/C33H34N2O6/c1-19-30(33(37)35-23-10-12-24(38-2)13-11-23)31(21-7-6-8-25(15-21)39-3)32-26(34-19)16-22(17-27(32)36)20-9-14-28(40-4)29(18-20)41-5/h6-15,18,22,31,34H,16-17H2,1-5H3,(H,35,37)/t22-,31+/m0/s1. The minimum Gasteiger partial charge on any atom is -0.497 e. The second kappa shape index (κ2) is 11.8. The lowest BCUT2D eigenvalue weighted by Crippen LogP contribution is -2.37. The first-order valence-corrected chi connectivity index (χ1v) is 13.4. The Labute approximate surface area is 240 Å². The molecule has 2 aliphatic rings. The van der Waals surface area contributed by atoms with Gasteiger partial charge in [-0.3, -0.25) is 9.59 Å². The van der Waals surface area contributed by atoms with Crippen LogP contribution in [-0.4, -0.2) is 40.1 Å². The lowest BCUT2D eigenvalue weighted by Gasteiger charge is -2.37. The summed E-state index contributed by atoms with van der Waals surface area (Å²) in [5.41, 5.74) is 5.06. The maximum atomic E-state index is 14.0. The summed E-state index contributed by atoms with van der Waals surface area (Å²) in [6.07, 6.45) is 0.921. The summed E-state index contributed by atoms with van der Waals surface area (Å²) in [7, 11) is 6.39. The van der Waals surface area contributed by atoms with Crippen molar-refractivity contribution in [2.24, 2.45) is 0 Å². The van der Waals surface area contributed by atoms with Crippen LogP contribution in [-0.2, 0) is 9.59 Å². The number of Topliss-reactive ketones (excluding diaryl/α,β-unsaturated/α-hetero) is 1. The highest BCUT2D eigenvalue weighted by Crippen LogP contribution is 2.47. The van der Waals surface area contributed by atoms with Gasteiger partial charge in [0.1, 0.15) is 11.5 Å². The van der Waals surface area contributed by atoms with E-state index in [0.717, 1.165) is 16.8 Å². The number of benzene rings is 3. The molecule has 1 aliphatic heterocycles. The molecule has 0 fully saturated rings. The molecule has 8 nitrogen and oxygen atoms in total. The minimum absolute atomic E-state index is 0.00592. The van der Waals surface area contributed by atoms with Crippen LogP contribution in [0.1, 0.15) is 42.7 Å². The quantitative estimate of drug-likeness (QED) is 0.368. The van der Waals surface area contributed by atoms with Gasteiger partial charge in [0, 0.05) is 40.6 Å². The zero-order valence-corrected chi connectivity index (χ0v) is 23.9. The lowest BCUT2D eigenvalue weighted by molar-refractivity contribution is -0.116. The van der Waals surface area contributed by atoms with Crippen LogP contribution in [0.2, 0.25) is 0 Å². The van der Waals surface area contributed by atoms with Gasteiger partial charge in [0.2, 0.25) is 0 Å². The van der Waals surface area contributed by atoms with Crippen LogP contribution in [0.25, 0.3) is 0 Å². The van der Waals surface area contributed by atoms with Crippen LogP contribution >= 0.6 is 0 Å². The number of anilines is 1. The van der Waals surface area contributed by atoms with E-state index in [1.165, 1.54) is 0 Å². The number of methoxy groups -OCH3 is 4. The molecule has 212 valence electrons. The van der Waals surface area contributed by atoms with Gasteiger partial charge < -0.3 is 29.6 Å². The number of nitrogens with one attached hydrogen (secondary N) is 2. The summed E-state index contributed by atoms with van der Waals surface area (Å²) in [6, 6.07) is 20.5. The van der Waals surface area contributed by atoms with Crippen LogP contribution in [0.5, 0.6) is 23.0 Å². The number of carbonyl (C=O) groups excluding carboxylic acids is 2. The fraction of sp³-hybridized carbons (Fsp3) is 0.273. The number of dihydropyridines is 1. The number of hydrogen-bond acceptors (Lipinski definition) is 7. The number of allylic oxidation sites excluding steroid dienone is 3. The molecular formula is C33H34N2O6. The fourth-order valence-electron chi connectivity index (χ4n) is 5.71. The molecule has 41 heavy (non-hydrogen) atoms. The van der Waals surface area contributed by atoms with E-state index >= 15 is 0 Å². The molecule has 0 bridgehead atoms. The fourth-order valence-corrected chi connectivity index (χ4v) is 5.71. The summed E-state index contributed by atoms with van der Waals surface area (Å²) < 4.78 is 21.6. The summed E-state index contributed by atoms with van der Waals surface area (Å²) in [5.74, 6) is 1.71. The minimum atomic E-state index is -0.557. The second-order valence-electron chi connectivity index (χ2n) is 10.1. The number of carbonyl (C=O) groups is 2. The summed E-state index contributed by atoms with van der Waals surface area (Å²) in [5, 5.41) is 6.44. The Morgan fingerprint density at radius 3 is 2.22 bits per heavy atom. The Morgan fingerprint density at radius 2 is 1.54 bits per heavy atom. The van der Waals surface area contributed by atoms with Crippen molar-refractivity contribution in [3.8, 4) is 23.0 Å². The first-order valence-electron chi connectivity index (χ1n) is 13.4. The zero-order valence-electron chi connectivity index (χ0n) is 23.9. The molecule has 0 unspecified atom stereocenters. The first-order chi connectivity index (χ1) is 19.9. The third-order valence-electron chi connectivity index (χ3n) is 7.73. The van der Waals surface area contributed by atoms with Gasteiger partial charge in [-0.15, -0.1) is 0 Å². The molecule has 5 rings (SSSR count). The molecule has 3 aromatic carbocycles. The van der Waals surface area contributed by atoms with Gasteiger partial charge in [0.25, 0.3) is 5.91 Å². The van der Waals surface area contributed by atoms with Crippen LogP contribution in [0.3, 0.4) is 0 Å². The summed E-state index contributed by atoms with van der Waals surface area (Å²) in [4.78, 5) is 27.8. The van der Waals surface area contributed by atoms with Gasteiger partial charge >= 0.3 is 0 Å². The normalized spacial score (nSPS) is 18.3. The largest absolute Gasteiger partial charge is 0.497 e. The van der Waals surface area contributed by atoms with Gasteiger partial charge in [0.15, 0.2) is 17.3 Å². The highest BCUT2D eigenvalue weighted by Gasteiger charge is 2.41. The molecule has 0 aromatic heterocycles. The molecule has 3 aromatic rings. The Morgan fingerprint density at radius 1 is 0.805 bits per heavy atom. The van der Waals surface area contributed by atoms with Gasteiger partial charge in [-0.1, -0.05) is 18.2 Å². The van der Waals surface area contributed by atoms with Crippen molar-refractivity contribution < 1.29 is 28.5 Å². The maximum absolute atomic E-state index is 14.0. The number of ether oxygens (including phenoxy) is 4. The third-order valence-corrected chi connectivity index (χ3v) is 7.73. The Hall–Kier alpha value is -4.72. The summed E-state index contributed by atoms with van der Waals surface area (Å²) >= 11 is 0. The van der Waals surface area contributed by atoms with E-state index < -0.39 is 5.92 Å². The Kier molecular flexibility index (Phi) is 8.01. The number of rotatable bonds is 8. The van der Waals surface area contributed by atoms with E-state index in [9.17, 15) is 9.59 Å². The molecule has 2 atom stereocenters. The molecule has 0 saturated heterocycles. The smallest absolute Gasteiger partial charge is 0.254 e. The Balaban J connectivity index is 1.54. The highest BCUT2D eigenvalue weighted by atomic mass is 16.5. The van der Waals surface area contributed by atoms with Crippen molar-refractivity contribution >= 4 is 17.4 Å². The molecule has 8 heteroatoms. The molecule has 1 aliphatic carbocycles. The van der Waals surface area contributed by atoms with Crippen LogP contribution in [0, 0.1) is 0 Å². The Bertz CT molecular complexity index is 1540. The van der Waals surface area contributed by atoms with Crippen molar-refractivity contribution in [1.29, 1.82) is 0 Å². The van der Waals surface area contributed by atoms with E-state index in [-0.39, 0.29) is 17.6 Å². The van der Waals surface area contributed by atoms with Crippen LogP contribution in [0.4, 0.5) is 5.69 Å². The van der Waals surface area contributed by atoms with E-state index in [2.05, 4.69) is 10.6 Å². The van der Waals surface area contributed by atoms with Gasteiger partial charge in [-0.25, -0.2) is 0 Å². The average molecular weight is 555 g/mol. The lowest BCUT2D eigenvalue weighted by atomic mass is 9.71. The van der Waals surface area contributed by atoms with Crippen molar-refractivity contribution in [2.45, 2.75) is 31.6 Å². The number of ketones is 1. The second-order valence-corrected chi connectivity index (χ2v) is 10.1. The van der Waals surface area contributed by atoms with Crippen LogP contribution in [0.15, 0.2) is 89.3 Å². The van der Waals surface area contributed by atoms with Gasteiger partial charge in [-0.05, 0) is 78.9 Å². The number of hydrogen-bond donors (Lipinski definition) is 2. The van der Waals surface area contributed by atoms with E-state index in [1.54, 1.807) is 52.7 Å².